The summed E-state index contributed by atoms with van der Waals surface area (Å²) in [5, 5.41) is 10.4. The van der Waals surface area contributed by atoms with Crippen LogP contribution in [0.2, 0.25) is 0 Å². The summed E-state index contributed by atoms with van der Waals surface area (Å²) in [6.07, 6.45) is 4.71. The molecule has 4 nitrogen and oxygen atoms in total. The zero-order valence-corrected chi connectivity index (χ0v) is 20.0. The van der Waals surface area contributed by atoms with Crippen molar-refractivity contribution in [3.05, 3.63) is 65.9 Å². The highest BCUT2D eigenvalue weighted by Crippen LogP contribution is 2.56. The Morgan fingerprint density at radius 1 is 1.06 bits per heavy atom. The summed E-state index contributed by atoms with van der Waals surface area (Å²) in [7, 11) is -1.17. The number of carboxylic acids is 1. The quantitative estimate of drug-likeness (QED) is 0.450. The van der Waals surface area contributed by atoms with Crippen molar-refractivity contribution in [2.45, 2.75) is 45.3 Å². The predicted molar refractivity (Wildman–Crippen MR) is 132 cm³/mol. The van der Waals surface area contributed by atoms with E-state index in [2.05, 4.69) is 40.0 Å². The first-order valence-corrected chi connectivity index (χ1v) is 12.9. The number of rotatable bonds is 8. The van der Waals surface area contributed by atoms with E-state index in [0.717, 1.165) is 45.3 Å². The summed E-state index contributed by atoms with van der Waals surface area (Å²) >= 11 is 0. The molecule has 1 N–H and O–H groups in total. The molecule has 0 fully saturated rings. The van der Waals surface area contributed by atoms with Crippen molar-refractivity contribution in [3.8, 4) is 11.1 Å². The first-order chi connectivity index (χ1) is 14.7. The Balaban J connectivity index is 1.99. The van der Waals surface area contributed by atoms with Crippen molar-refractivity contribution in [3.63, 3.8) is 0 Å². The van der Waals surface area contributed by atoms with Crippen LogP contribution in [0, 0.1) is 0 Å². The van der Waals surface area contributed by atoms with Gasteiger partial charge in [0, 0.05) is 16.3 Å². The molecule has 0 radical (unpaired) electrons. The average molecular weight is 440 g/mol. The van der Waals surface area contributed by atoms with Gasteiger partial charge in [0.25, 0.3) is 0 Å². The second-order valence-electron chi connectivity index (χ2n) is 8.89. The molecular weight excluding hydrogens is 406 g/mol. The Morgan fingerprint density at radius 2 is 1.77 bits per heavy atom. The van der Waals surface area contributed by atoms with Crippen molar-refractivity contribution < 1.29 is 14.1 Å². The lowest BCUT2D eigenvalue weighted by molar-refractivity contribution is -0.136. The van der Waals surface area contributed by atoms with Crippen LogP contribution in [0.4, 0.5) is 0 Å². The molecule has 166 valence electrons. The van der Waals surface area contributed by atoms with E-state index in [1.807, 2.05) is 42.5 Å². The van der Waals surface area contributed by atoms with E-state index in [-0.39, 0.29) is 11.2 Å². The molecule has 1 heterocycles. The normalized spacial score (nSPS) is 14.9. The van der Waals surface area contributed by atoms with Crippen LogP contribution in [-0.2, 0) is 21.8 Å². The fourth-order valence-electron chi connectivity index (χ4n) is 3.80. The third kappa shape index (κ3) is 5.10. The van der Waals surface area contributed by atoms with Gasteiger partial charge < -0.3 is 9.29 Å². The zero-order valence-electron chi connectivity index (χ0n) is 19.1. The highest BCUT2D eigenvalue weighted by molar-refractivity contribution is 8.30. The van der Waals surface area contributed by atoms with E-state index in [4.69, 9.17) is 9.17 Å². The van der Waals surface area contributed by atoms with Crippen LogP contribution in [-0.4, -0.2) is 39.4 Å². The molecule has 0 bridgehead atoms. The number of hydrogen-bond acceptors (Lipinski definition) is 3. The number of benzene rings is 2. The van der Waals surface area contributed by atoms with Gasteiger partial charge in [-0.2, -0.15) is 0 Å². The molecule has 0 saturated heterocycles. The molecular formula is C26H33NO3S. The largest absolute Gasteiger partial charge is 0.481 e. The van der Waals surface area contributed by atoms with Gasteiger partial charge in [0.05, 0.1) is 18.5 Å². The molecule has 0 aliphatic carbocycles. The molecule has 0 aliphatic heterocycles. The number of carbonyl (C=O) groups is 1. The number of aromatic nitrogens is 1. The number of carboxylic acid groups (broad SMARTS) is 1. The number of para-hydroxylation sites is 1. The number of fused-ring (bicyclic) bond motifs is 1. The molecule has 2 aromatic carbocycles. The standard InChI is InChI=1S/C26H33NO3S/c1-6-31(5,26(2,3)4)30-16-15-20-13-10-14-22-24(19-11-8-7-9-12-19)21(17-23(28)29)18-27-25(20)22/h7-14,18H,6,15-17H2,1-5H3,(H,28,29). The lowest BCUT2D eigenvalue weighted by Gasteiger charge is -2.46. The second kappa shape index (κ2) is 9.41. The number of pyridine rings is 1. The Labute approximate surface area is 187 Å². The van der Waals surface area contributed by atoms with E-state index in [1.54, 1.807) is 6.20 Å². The zero-order chi connectivity index (χ0) is 22.6. The van der Waals surface area contributed by atoms with Crippen molar-refractivity contribution in [2.75, 3.05) is 18.6 Å². The van der Waals surface area contributed by atoms with Gasteiger partial charge >= 0.3 is 5.97 Å². The third-order valence-corrected chi connectivity index (χ3v) is 10.4. The predicted octanol–water partition coefficient (Wildman–Crippen LogP) is 6.26. The van der Waals surface area contributed by atoms with E-state index in [1.165, 1.54) is 0 Å². The molecule has 1 atom stereocenters. The van der Waals surface area contributed by atoms with Crippen LogP contribution in [0.3, 0.4) is 0 Å². The molecule has 3 aromatic rings. The first-order valence-electron chi connectivity index (χ1n) is 10.7. The summed E-state index contributed by atoms with van der Waals surface area (Å²) in [6, 6.07) is 16.1. The van der Waals surface area contributed by atoms with Crippen molar-refractivity contribution in [2.24, 2.45) is 0 Å². The van der Waals surface area contributed by atoms with Gasteiger partial charge in [-0.15, -0.1) is 10.3 Å². The summed E-state index contributed by atoms with van der Waals surface area (Å²) in [5.74, 6) is 0.174. The van der Waals surface area contributed by atoms with Crippen molar-refractivity contribution in [1.29, 1.82) is 0 Å². The number of nitrogens with zero attached hydrogens (tertiary/aromatic N) is 1. The minimum atomic E-state index is -1.17. The monoisotopic (exact) mass is 439 g/mol. The van der Waals surface area contributed by atoms with E-state index >= 15 is 0 Å². The minimum absolute atomic E-state index is 0.0513. The Hall–Kier alpha value is -2.37. The van der Waals surface area contributed by atoms with Crippen LogP contribution >= 0.6 is 10.3 Å². The fourth-order valence-corrected chi connectivity index (χ4v) is 5.64. The molecule has 0 saturated carbocycles. The average Bonchev–Trinajstić information content (AvgIpc) is 2.73. The summed E-state index contributed by atoms with van der Waals surface area (Å²) in [5.41, 5.74) is 4.74. The smallest absolute Gasteiger partial charge is 0.307 e. The van der Waals surface area contributed by atoms with Gasteiger partial charge in [0.1, 0.15) is 0 Å². The summed E-state index contributed by atoms with van der Waals surface area (Å²) < 4.78 is 6.60. The lowest BCUT2D eigenvalue weighted by Crippen LogP contribution is -2.28. The number of hydrogen-bond donors (Lipinski definition) is 1. The maximum atomic E-state index is 11.5. The maximum Gasteiger partial charge on any atom is 0.307 e. The summed E-state index contributed by atoms with van der Waals surface area (Å²) in [6.45, 7) is 9.61. The molecule has 3 rings (SSSR count). The molecule has 0 aliphatic rings. The van der Waals surface area contributed by atoms with Crippen molar-refractivity contribution in [1.82, 2.24) is 4.98 Å². The minimum Gasteiger partial charge on any atom is -0.481 e. The van der Waals surface area contributed by atoms with Crippen LogP contribution < -0.4 is 0 Å². The van der Waals surface area contributed by atoms with Crippen molar-refractivity contribution >= 4 is 27.2 Å². The Bertz CT molecular complexity index is 1060. The van der Waals surface area contributed by atoms with E-state index in [9.17, 15) is 9.90 Å². The molecule has 0 amide bonds. The van der Waals surface area contributed by atoms with Gasteiger partial charge in [-0.05, 0) is 40.7 Å². The van der Waals surface area contributed by atoms with Gasteiger partial charge in [0.2, 0.25) is 0 Å². The molecule has 31 heavy (non-hydrogen) atoms. The van der Waals surface area contributed by atoms with Gasteiger partial charge in [-0.3, -0.25) is 9.78 Å². The lowest BCUT2D eigenvalue weighted by atomic mass is 9.93. The fraction of sp³-hybridized carbons (Fsp3) is 0.385. The van der Waals surface area contributed by atoms with Gasteiger partial charge in [-0.25, -0.2) is 0 Å². The highest BCUT2D eigenvalue weighted by Gasteiger charge is 2.31. The van der Waals surface area contributed by atoms with Gasteiger partial charge in [0.15, 0.2) is 0 Å². The van der Waals surface area contributed by atoms with Crippen LogP contribution in [0.15, 0.2) is 54.7 Å². The van der Waals surface area contributed by atoms with Gasteiger partial charge in [-0.1, -0.05) is 76.2 Å². The highest BCUT2D eigenvalue weighted by atomic mass is 32.3. The topological polar surface area (TPSA) is 59.4 Å². The molecule has 5 heteroatoms. The van der Waals surface area contributed by atoms with Crippen LogP contribution in [0.5, 0.6) is 0 Å². The maximum absolute atomic E-state index is 11.5. The second-order valence-corrected chi connectivity index (χ2v) is 12.9. The molecule has 1 aromatic heterocycles. The van der Waals surface area contributed by atoms with Crippen LogP contribution in [0.1, 0.15) is 38.8 Å². The van der Waals surface area contributed by atoms with Crippen LogP contribution in [0.25, 0.3) is 22.0 Å². The van der Waals surface area contributed by atoms with E-state index < -0.39 is 16.3 Å². The first kappa shape index (κ1) is 23.3. The van der Waals surface area contributed by atoms with E-state index in [0.29, 0.717) is 6.61 Å². The third-order valence-electron chi connectivity index (χ3n) is 6.02. The Kier molecular flexibility index (Phi) is 7.07. The molecule has 0 spiro atoms. The summed E-state index contributed by atoms with van der Waals surface area (Å²) in [4.78, 5) is 16.2. The SMILES string of the molecule is CCS(C)(OCCc1cccc2c(-c3ccccc3)c(CC(=O)O)cnc12)C(C)(C)C. The Morgan fingerprint density at radius 3 is 2.39 bits per heavy atom. The molecule has 1 unspecified atom stereocenters. The number of aliphatic carboxylic acids is 1.